The maximum Gasteiger partial charge on any atom is 0.132 e. The second-order valence-corrected chi connectivity index (χ2v) is 14.4. The van der Waals surface area contributed by atoms with Gasteiger partial charge in [0.05, 0.1) is 11.1 Å². The van der Waals surface area contributed by atoms with Crippen LogP contribution < -0.4 is 9.64 Å². The first-order valence-electron chi connectivity index (χ1n) is 18.7. The van der Waals surface area contributed by atoms with Crippen LogP contribution in [-0.2, 0) is 5.41 Å². The molecular formula is C52H35NO. The first kappa shape index (κ1) is 30.7. The lowest BCUT2D eigenvalue weighted by molar-refractivity contribution is 0.433. The van der Waals surface area contributed by atoms with Crippen LogP contribution in [0, 0.1) is 0 Å². The molecule has 1 heterocycles. The third-order valence-corrected chi connectivity index (χ3v) is 11.6. The first-order chi connectivity index (χ1) is 26.8. The summed E-state index contributed by atoms with van der Waals surface area (Å²) in [5.74, 6) is 1.82. The second-order valence-electron chi connectivity index (χ2n) is 14.4. The molecule has 0 fully saturated rings. The lowest BCUT2D eigenvalue weighted by atomic mass is 9.64. The van der Waals surface area contributed by atoms with Crippen LogP contribution in [0.3, 0.4) is 0 Å². The standard InChI is InChI=1S/C52H35NO/c1-2-14-35(15-3-1)36-28-31-39(32-29-36)53(40-33-30-38-27-26-37-16-4-5-17-41(37)43(38)34-40)48-23-11-8-22-47-51(48)42-18-6-7-19-44(42)52(47)45-20-9-12-24-49(45)54-50-25-13-10-21-46(50)52/h1-21,23-34H,22H2. The third kappa shape index (κ3) is 4.47. The van der Waals surface area contributed by atoms with Crippen LogP contribution in [0.25, 0.3) is 38.2 Å². The fourth-order valence-electron chi connectivity index (χ4n) is 9.30. The number of anilines is 2. The van der Waals surface area contributed by atoms with Crippen LogP contribution in [0.4, 0.5) is 11.4 Å². The number of nitrogens with zero attached hydrogens (tertiary/aromatic N) is 1. The fraction of sp³-hybridized carbons (Fsp3) is 0.0385. The Kier molecular flexibility index (Phi) is 6.87. The molecule has 2 heteroatoms. The Balaban J connectivity index is 1.20. The van der Waals surface area contributed by atoms with Crippen molar-refractivity contribution in [2.45, 2.75) is 11.8 Å². The summed E-state index contributed by atoms with van der Waals surface area (Å²) in [6.07, 6.45) is 7.72. The van der Waals surface area contributed by atoms with Gasteiger partial charge in [0.1, 0.15) is 11.5 Å². The van der Waals surface area contributed by atoms with Gasteiger partial charge in [-0.15, -0.1) is 0 Å². The SMILES string of the molecule is C1=CCC2=C(C(N(c3ccc(-c4ccccc4)cc3)c3ccc4ccc5ccccc5c4c3)=C1)c1ccccc1C21c2ccccc2Oc2ccccc21. The maximum atomic E-state index is 6.66. The number of rotatable bonds is 4. The fourth-order valence-corrected chi connectivity index (χ4v) is 9.30. The van der Waals surface area contributed by atoms with E-state index in [2.05, 4.69) is 205 Å². The van der Waals surface area contributed by atoms with Crippen molar-refractivity contribution in [2.75, 3.05) is 4.90 Å². The van der Waals surface area contributed by atoms with Gasteiger partial charge in [-0.05, 0) is 98.3 Å². The summed E-state index contributed by atoms with van der Waals surface area (Å²) < 4.78 is 6.66. The number of hydrogen-bond donors (Lipinski definition) is 0. The number of benzene rings is 8. The summed E-state index contributed by atoms with van der Waals surface area (Å²) in [7, 11) is 0. The molecule has 1 aliphatic heterocycles. The molecule has 0 radical (unpaired) electrons. The van der Waals surface area contributed by atoms with E-state index in [4.69, 9.17) is 4.74 Å². The number of para-hydroxylation sites is 2. The zero-order chi connectivity index (χ0) is 35.6. The molecule has 2 aliphatic carbocycles. The highest BCUT2D eigenvalue weighted by atomic mass is 16.5. The van der Waals surface area contributed by atoms with Crippen molar-refractivity contribution in [1.29, 1.82) is 0 Å². The van der Waals surface area contributed by atoms with Crippen molar-refractivity contribution >= 4 is 38.5 Å². The van der Waals surface area contributed by atoms with E-state index in [1.54, 1.807) is 0 Å². The van der Waals surface area contributed by atoms with Gasteiger partial charge < -0.3 is 9.64 Å². The molecule has 2 nitrogen and oxygen atoms in total. The van der Waals surface area contributed by atoms with Gasteiger partial charge in [0.15, 0.2) is 0 Å². The summed E-state index contributed by atoms with van der Waals surface area (Å²) in [4.78, 5) is 2.48. The van der Waals surface area contributed by atoms with Crippen molar-refractivity contribution in [3.8, 4) is 22.6 Å². The van der Waals surface area contributed by atoms with Gasteiger partial charge in [-0.25, -0.2) is 0 Å². The minimum absolute atomic E-state index is 0.520. The average molecular weight is 690 g/mol. The quantitative estimate of drug-likeness (QED) is 0.171. The smallest absolute Gasteiger partial charge is 0.132 e. The second kappa shape index (κ2) is 12.1. The largest absolute Gasteiger partial charge is 0.457 e. The van der Waals surface area contributed by atoms with Gasteiger partial charge in [-0.2, -0.15) is 0 Å². The minimum Gasteiger partial charge on any atom is -0.457 e. The average Bonchev–Trinajstić information content (AvgIpc) is 3.34. The predicted octanol–water partition coefficient (Wildman–Crippen LogP) is 13.5. The van der Waals surface area contributed by atoms with E-state index in [-0.39, 0.29) is 0 Å². The highest BCUT2D eigenvalue weighted by Crippen LogP contribution is 2.63. The van der Waals surface area contributed by atoms with Crippen LogP contribution in [0.1, 0.15) is 28.7 Å². The van der Waals surface area contributed by atoms with Crippen molar-refractivity contribution in [3.63, 3.8) is 0 Å². The van der Waals surface area contributed by atoms with Crippen LogP contribution in [0.2, 0.25) is 0 Å². The summed E-state index contributed by atoms with van der Waals surface area (Å²) in [5.41, 5.74) is 12.8. The number of ether oxygens (including phenoxy) is 1. The van der Waals surface area contributed by atoms with E-state index in [1.165, 1.54) is 66.1 Å². The molecule has 3 aliphatic rings. The van der Waals surface area contributed by atoms with Crippen molar-refractivity contribution in [3.05, 3.63) is 234 Å². The molecule has 0 amide bonds. The van der Waals surface area contributed by atoms with Gasteiger partial charge in [0.2, 0.25) is 0 Å². The van der Waals surface area contributed by atoms with Crippen LogP contribution in [0.5, 0.6) is 11.5 Å². The normalized spacial score (nSPS) is 14.9. The van der Waals surface area contributed by atoms with Crippen LogP contribution >= 0.6 is 0 Å². The number of hydrogen-bond acceptors (Lipinski definition) is 2. The predicted molar refractivity (Wildman–Crippen MR) is 224 cm³/mol. The van der Waals surface area contributed by atoms with Gasteiger partial charge in [0.25, 0.3) is 0 Å². The Morgan fingerprint density at radius 1 is 0.481 bits per heavy atom. The minimum atomic E-state index is -0.520. The molecule has 0 saturated carbocycles. The van der Waals surface area contributed by atoms with E-state index >= 15 is 0 Å². The number of allylic oxidation sites excluding steroid dienone is 5. The Bertz CT molecular complexity index is 2830. The maximum absolute atomic E-state index is 6.66. The number of fused-ring (bicyclic) bond motifs is 11. The molecule has 0 N–H and O–H groups in total. The van der Waals surface area contributed by atoms with E-state index in [0.717, 1.165) is 35.0 Å². The molecule has 0 unspecified atom stereocenters. The van der Waals surface area contributed by atoms with E-state index in [1.807, 2.05) is 0 Å². The molecule has 0 atom stereocenters. The Morgan fingerprint density at radius 3 is 1.85 bits per heavy atom. The highest BCUT2D eigenvalue weighted by Gasteiger charge is 2.52. The molecule has 1 spiro atoms. The third-order valence-electron chi connectivity index (χ3n) is 11.6. The summed E-state index contributed by atoms with van der Waals surface area (Å²) >= 11 is 0. The lowest BCUT2D eigenvalue weighted by Gasteiger charge is -2.40. The van der Waals surface area contributed by atoms with Crippen molar-refractivity contribution in [2.24, 2.45) is 0 Å². The molecule has 11 rings (SSSR count). The summed E-state index contributed by atoms with van der Waals surface area (Å²) in [5, 5.41) is 4.97. The molecule has 0 saturated heterocycles. The lowest BCUT2D eigenvalue weighted by Crippen LogP contribution is -2.33. The molecule has 8 aromatic rings. The van der Waals surface area contributed by atoms with Gasteiger partial charge in [0, 0.05) is 28.1 Å². The van der Waals surface area contributed by atoms with Crippen LogP contribution in [-0.4, -0.2) is 0 Å². The van der Waals surface area contributed by atoms with Gasteiger partial charge in [-0.1, -0.05) is 158 Å². The zero-order valence-electron chi connectivity index (χ0n) is 29.6. The molecular weight excluding hydrogens is 655 g/mol. The Labute approximate surface area is 315 Å². The molecule has 54 heavy (non-hydrogen) atoms. The monoisotopic (exact) mass is 689 g/mol. The Hall–Kier alpha value is -6.90. The molecule has 0 bridgehead atoms. The zero-order valence-corrected chi connectivity index (χ0v) is 29.6. The summed E-state index contributed by atoms with van der Waals surface area (Å²) in [6.45, 7) is 0. The van der Waals surface area contributed by atoms with E-state index < -0.39 is 5.41 Å². The van der Waals surface area contributed by atoms with E-state index in [9.17, 15) is 0 Å². The topological polar surface area (TPSA) is 12.5 Å². The Morgan fingerprint density at radius 2 is 1.07 bits per heavy atom. The van der Waals surface area contributed by atoms with Gasteiger partial charge >= 0.3 is 0 Å². The summed E-state index contributed by atoms with van der Waals surface area (Å²) in [6, 6.07) is 66.1. The molecule has 8 aromatic carbocycles. The van der Waals surface area contributed by atoms with Crippen molar-refractivity contribution in [1.82, 2.24) is 0 Å². The molecule has 0 aromatic heterocycles. The first-order valence-corrected chi connectivity index (χ1v) is 18.7. The van der Waals surface area contributed by atoms with Crippen LogP contribution in [0.15, 0.2) is 211 Å². The van der Waals surface area contributed by atoms with Gasteiger partial charge in [-0.3, -0.25) is 0 Å². The van der Waals surface area contributed by atoms with Crippen molar-refractivity contribution < 1.29 is 4.74 Å². The highest BCUT2D eigenvalue weighted by molar-refractivity contribution is 6.09. The van der Waals surface area contributed by atoms with E-state index in [0.29, 0.717) is 0 Å². The molecule has 254 valence electrons.